The summed E-state index contributed by atoms with van der Waals surface area (Å²) in [7, 11) is 0. The van der Waals surface area contributed by atoms with Crippen LogP contribution in [-0.4, -0.2) is 5.24 Å². The third kappa shape index (κ3) is 253. The fraction of sp³-hybridized carbons (Fsp3) is 0. The van der Waals surface area contributed by atoms with Crippen LogP contribution in [0, 0.1) is 0 Å². The number of thiol groups is 1. The fourth-order valence-electron chi connectivity index (χ4n) is 0. The maximum Gasteiger partial charge on any atom is 0.273 e. The predicted molar refractivity (Wildman–Crippen MR) is 28.9 cm³/mol. The number of nitrogens with two attached hydrogens (primary N) is 1. The first-order valence-electron chi connectivity index (χ1n) is 0.716. The zero-order valence-corrected chi connectivity index (χ0v) is 4.95. The molecule has 0 heterocycles. The highest BCUT2D eigenvalue weighted by Gasteiger charge is 1.63. The van der Waals surface area contributed by atoms with Crippen LogP contribution in [0.1, 0.15) is 0 Å². The normalized spacial score (nSPS) is 5.00. The highest BCUT2D eigenvalue weighted by molar-refractivity contribution is 8.93. The van der Waals surface area contributed by atoms with Crippen LogP contribution in [0.2, 0.25) is 0 Å². The summed E-state index contributed by atoms with van der Waals surface area (Å²) in [5.41, 5.74) is 4.34. The van der Waals surface area contributed by atoms with Gasteiger partial charge in [0.2, 0.25) is 0 Å². The molecule has 0 spiro atoms. The largest absolute Gasteiger partial charge is 0.361 e. The Morgan fingerprint density at radius 1 is 1.80 bits per heavy atom. The molecule has 0 saturated carbocycles. The number of hydrogen-bond acceptors (Lipinski definition) is 1. The standard InChI is InChI=1S/CH3NOS.BrH/c2-1(3)4;/h(H3,2,3,4);1H. The molecule has 1 amide bonds. The first-order valence-corrected chi connectivity index (χ1v) is 1.16. The fourth-order valence-corrected chi connectivity index (χ4v) is 0. The lowest BCUT2D eigenvalue weighted by Crippen LogP contribution is -1.95. The van der Waals surface area contributed by atoms with Crippen molar-refractivity contribution in [2.24, 2.45) is 5.73 Å². The third-order valence-corrected chi connectivity index (χ3v) is 0. The molecule has 0 radical (unpaired) electrons. The molecular formula is CH4BrNOS. The Morgan fingerprint density at radius 3 is 1.80 bits per heavy atom. The Bertz CT molecular complexity index is 34.6. The van der Waals surface area contributed by atoms with Gasteiger partial charge in [-0.25, -0.2) is 0 Å². The summed E-state index contributed by atoms with van der Waals surface area (Å²) in [4.78, 5) is 9.09. The van der Waals surface area contributed by atoms with Crippen LogP contribution in [0.15, 0.2) is 0 Å². The first kappa shape index (κ1) is 9.00. The van der Waals surface area contributed by atoms with Crippen molar-refractivity contribution < 1.29 is 4.79 Å². The van der Waals surface area contributed by atoms with Crippen molar-refractivity contribution in [1.82, 2.24) is 0 Å². The van der Waals surface area contributed by atoms with Crippen molar-refractivity contribution in [3.05, 3.63) is 0 Å². The van der Waals surface area contributed by atoms with E-state index in [1.165, 1.54) is 0 Å². The molecule has 0 aromatic rings. The van der Waals surface area contributed by atoms with Crippen molar-refractivity contribution in [3.8, 4) is 0 Å². The molecule has 0 aromatic carbocycles. The number of carbonyl (C=O) groups is 1. The minimum atomic E-state index is -0.639. The first-order chi connectivity index (χ1) is 1.73. The Balaban J connectivity index is 0. The van der Waals surface area contributed by atoms with Gasteiger partial charge in [-0.3, -0.25) is 4.79 Å². The van der Waals surface area contributed by atoms with E-state index in [0.717, 1.165) is 0 Å². The van der Waals surface area contributed by atoms with Crippen LogP contribution in [0.25, 0.3) is 0 Å². The van der Waals surface area contributed by atoms with Crippen LogP contribution in [0.3, 0.4) is 0 Å². The number of rotatable bonds is 0. The average molecular weight is 158 g/mol. The monoisotopic (exact) mass is 157 g/mol. The molecule has 0 aliphatic rings. The second kappa shape index (κ2) is 4.30. The van der Waals surface area contributed by atoms with E-state index in [-0.39, 0.29) is 17.0 Å². The van der Waals surface area contributed by atoms with Gasteiger partial charge >= 0.3 is 0 Å². The summed E-state index contributed by atoms with van der Waals surface area (Å²) < 4.78 is 0. The molecule has 0 aromatic heterocycles. The number of carbonyl (C=O) groups excluding carboxylic acids is 1. The van der Waals surface area contributed by atoms with Gasteiger partial charge in [-0.05, 0) is 0 Å². The zero-order valence-electron chi connectivity index (χ0n) is 2.34. The van der Waals surface area contributed by atoms with Gasteiger partial charge in [0.25, 0.3) is 5.24 Å². The molecule has 0 saturated heterocycles. The molecule has 0 bridgehead atoms. The zero-order chi connectivity index (χ0) is 3.58. The smallest absolute Gasteiger partial charge is 0.273 e. The average Bonchev–Trinajstić information content (AvgIpc) is 0.811. The molecule has 2 N–H and O–H groups in total. The van der Waals surface area contributed by atoms with Gasteiger partial charge < -0.3 is 5.73 Å². The van der Waals surface area contributed by atoms with E-state index in [0.29, 0.717) is 0 Å². The maximum atomic E-state index is 9.09. The Labute approximate surface area is 45.9 Å². The van der Waals surface area contributed by atoms with E-state index in [9.17, 15) is 0 Å². The van der Waals surface area contributed by atoms with Crippen molar-refractivity contribution >= 4 is 34.8 Å². The van der Waals surface area contributed by atoms with E-state index in [2.05, 4.69) is 18.4 Å². The molecule has 0 fully saturated rings. The number of primary amides is 1. The molecule has 0 aliphatic heterocycles. The van der Waals surface area contributed by atoms with Crippen LogP contribution in [0.5, 0.6) is 0 Å². The van der Waals surface area contributed by atoms with Gasteiger partial charge in [-0.15, -0.1) is 17.0 Å². The summed E-state index contributed by atoms with van der Waals surface area (Å²) in [5, 5.41) is -0.639. The highest BCUT2D eigenvalue weighted by Crippen LogP contribution is 1.60. The minimum Gasteiger partial charge on any atom is -0.361 e. The quantitative estimate of drug-likeness (QED) is 0.497. The van der Waals surface area contributed by atoms with E-state index in [4.69, 9.17) is 4.79 Å². The molecule has 0 atom stereocenters. The van der Waals surface area contributed by atoms with Gasteiger partial charge in [0.15, 0.2) is 0 Å². The van der Waals surface area contributed by atoms with Crippen LogP contribution in [-0.2, 0) is 0 Å². The SMILES string of the molecule is Br.NC(=O)S. The van der Waals surface area contributed by atoms with Gasteiger partial charge in [-0.1, -0.05) is 12.6 Å². The van der Waals surface area contributed by atoms with Gasteiger partial charge in [0, 0.05) is 0 Å². The van der Waals surface area contributed by atoms with Crippen LogP contribution >= 0.6 is 29.6 Å². The van der Waals surface area contributed by atoms with Gasteiger partial charge in [0.1, 0.15) is 0 Å². The van der Waals surface area contributed by atoms with E-state index in [1.54, 1.807) is 0 Å². The molecular weight excluding hydrogens is 154 g/mol. The molecule has 5 heavy (non-hydrogen) atoms. The summed E-state index contributed by atoms with van der Waals surface area (Å²) in [6.45, 7) is 0. The predicted octanol–water partition coefficient (Wildman–Crippen LogP) is 0.573. The molecule has 0 unspecified atom stereocenters. The molecule has 0 rings (SSSR count). The second-order valence-electron chi connectivity index (χ2n) is 0.338. The molecule has 4 heteroatoms. The highest BCUT2D eigenvalue weighted by atomic mass is 79.9. The van der Waals surface area contributed by atoms with Gasteiger partial charge in [0.05, 0.1) is 0 Å². The van der Waals surface area contributed by atoms with Crippen molar-refractivity contribution in [3.63, 3.8) is 0 Å². The lowest BCUT2D eigenvalue weighted by Gasteiger charge is -1.58. The maximum absolute atomic E-state index is 9.09. The minimum absolute atomic E-state index is 0. The number of amides is 1. The number of halogens is 1. The Morgan fingerprint density at radius 2 is 1.80 bits per heavy atom. The Hall–Kier alpha value is 0.300. The van der Waals surface area contributed by atoms with Crippen molar-refractivity contribution in [1.29, 1.82) is 0 Å². The Kier molecular flexibility index (Phi) is 7.74. The molecule has 32 valence electrons. The lowest BCUT2D eigenvalue weighted by molar-refractivity contribution is 0.267. The van der Waals surface area contributed by atoms with Crippen molar-refractivity contribution in [2.75, 3.05) is 0 Å². The summed E-state index contributed by atoms with van der Waals surface area (Å²) in [6.07, 6.45) is 0. The topological polar surface area (TPSA) is 43.1 Å². The van der Waals surface area contributed by atoms with Crippen LogP contribution in [0.4, 0.5) is 4.79 Å². The summed E-state index contributed by atoms with van der Waals surface area (Å²) >= 11 is 3.10. The third-order valence-electron chi connectivity index (χ3n) is 0. The lowest BCUT2D eigenvalue weighted by atomic mass is 11.5. The van der Waals surface area contributed by atoms with E-state index in [1.807, 2.05) is 0 Å². The van der Waals surface area contributed by atoms with Gasteiger partial charge in [-0.2, -0.15) is 0 Å². The van der Waals surface area contributed by atoms with E-state index >= 15 is 0 Å². The molecule has 2 nitrogen and oxygen atoms in total. The molecule has 0 aliphatic carbocycles. The summed E-state index contributed by atoms with van der Waals surface area (Å²) in [6, 6.07) is 0. The number of hydrogen-bond donors (Lipinski definition) is 2. The van der Waals surface area contributed by atoms with Crippen molar-refractivity contribution in [2.45, 2.75) is 0 Å². The second-order valence-corrected chi connectivity index (χ2v) is 0.779. The van der Waals surface area contributed by atoms with E-state index < -0.39 is 5.24 Å². The summed E-state index contributed by atoms with van der Waals surface area (Å²) in [5.74, 6) is 0. The van der Waals surface area contributed by atoms with Crippen LogP contribution < -0.4 is 5.73 Å².